The monoisotopic (exact) mass is 577 g/mol. The number of imide groups is 1. The van der Waals surface area contributed by atoms with E-state index in [9.17, 15) is 28.7 Å². The Kier molecular flexibility index (Phi) is 6.64. The maximum absolute atomic E-state index is 13.7. The van der Waals surface area contributed by atoms with E-state index < -0.39 is 34.7 Å². The lowest BCUT2D eigenvalue weighted by Gasteiger charge is -2.29. The van der Waals surface area contributed by atoms with Crippen molar-refractivity contribution in [1.82, 2.24) is 4.98 Å². The summed E-state index contributed by atoms with van der Waals surface area (Å²) in [6, 6.07) is 18.0. The standard InChI is InChI=1S/C28H20FN3O6S2/c29-15-3-7-17(8-4-15)32-26(35)22-21(23-25(31-28(37)40-23)39-24(22)27(32)36)14-1-11-19(12-2-14)38-13-20(34)30-16-5-9-18(33)10-6-16/h1-12,21-22,24,33H,13H2,(H,30,34)(H,31,37)/t21-,22-,24+/m0/s1. The highest BCUT2D eigenvalue weighted by Crippen LogP contribution is 2.53. The van der Waals surface area contributed by atoms with Crippen LogP contribution in [0.2, 0.25) is 0 Å². The van der Waals surface area contributed by atoms with Crippen molar-refractivity contribution in [2.24, 2.45) is 5.92 Å². The van der Waals surface area contributed by atoms with Gasteiger partial charge in [-0.2, -0.15) is 0 Å². The molecule has 1 aromatic heterocycles. The molecule has 6 rings (SSSR count). The van der Waals surface area contributed by atoms with Crippen molar-refractivity contribution < 1.29 is 28.6 Å². The van der Waals surface area contributed by atoms with Gasteiger partial charge in [0.2, 0.25) is 11.8 Å². The summed E-state index contributed by atoms with van der Waals surface area (Å²) in [5.41, 5.74) is 1.50. The van der Waals surface area contributed by atoms with Gasteiger partial charge in [0.25, 0.3) is 5.91 Å². The zero-order chi connectivity index (χ0) is 28.0. The third-order valence-electron chi connectivity index (χ3n) is 6.67. The van der Waals surface area contributed by atoms with Gasteiger partial charge in [-0.25, -0.2) is 9.29 Å². The number of anilines is 2. The van der Waals surface area contributed by atoms with Crippen molar-refractivity contribution in [2.45, 2.75) is 16.2 Å². The number of nitrogens with one attached hydrogen (secondary N) is 2. The predicted molar refractivity (Wildman–Crippen MR) is 147 cm³/mol. The van der Waals surface area contributed by atoms with Crippen molar-refractivity contribution >= 4 is 52.2 Å². The highest BCUT2D eigenvalue weighted by atomic mass is 32.2. The van der Waals surface area contributed by atoms with E-state index in [0.29, 0.717) is 26.9 Å². The minimum atomic E-state index is -0.774. The third kappa shape index (κ3) is 4.75. The summed E-state index contributed by atoms with van der Waals surface area (Å²) in [5, 5.41) is 11.8. The van der Waals surface area contributed by atoms with E-state index in [1.165, 1.54) is 36.4 Å². The molecule has 0 unspecified atom stereocenters. The highest BCUT2D eigenvalue weighted by Gasteiger charge is 2.56. The molecular weight excluding hydrogens is 557 g/mol. The molecule has 0 spiro atoms. The number of carbonyl (C=O) groups excluding carboxylic acids is 3. The fourth-order valence-corrected chi connectivity index (χ4v) is 7.40. The minimum absolute atomic E-state index is 0.0862. The SMILES string of the molecule is O=C(COc1ccc([C@@H]2c3sc(=O)[nH]c3S[C@H]3C(=O)N(c4ccc(F)cc4)C(=O)[C@@H]23)cc1)Nc1ccc(O)cc1. The number of benzene rings is 3. The van der Waals surface area contributed by atoms with Gasteiger partial charge >= 0.3 is 4.87 Å². The molecule has 202 valence electrons. The predicted octanol–water partition coefficient (Wildman–Crippen LogP) is 4.09. The zero-order valence-corrected chi connectivity index (χ0v) is 22.1. The van der Waals surface area contributed by atoms with Crippen LogP contribution in [0.15, 0.2) is 82.6 Å². The van der Waals surface area contributed by atoms with Crippen LogP contribution in [0.3, 0.4) is 0 Å². The quantitative estimate of drug-likeness (QED) is 0.233. The second kappa shape index (κ2) is 10.3. The molecule has 0 aliphatic carbocycles. The van der Waals surface area contributed by atoms with Gasteiger partial charge in [0, 0.05) is 16.5 Å². The van der Waals surface area contributed by atoms with E-state index in [1.807, 2.05) is 0 Å². The maximum Gasteiger partial charge on any atom is 0.305 e. The summed E-state index contributed by atoms with van der Waals surface area (Å²) in [6.07, 6.45) is 0. The van der Waals surface area contributed by atoms with Gasteiger partial charge in [-0.3, -0.25) is 19.2 Å². The van der Waals surface area contributed by atoms with Gasteiger partial charge in [-0.05, 0) is 66.2 Å². The van der Waals surface area contributed by atoms with Gasteiger partial charge < -0.3 is 20.1 Å². The third-order valence-corrected chi connectivity index (χ3v) is 9.07. The Labute approximate surface area is 234 Å². The van der Waals surface area contributed by atoms with Crippen LogP contribution >= 0.6 is 23.1 Å². The number of thioether (sulfide) groups is 1. The zero-order valence-electron chi connectivity index (χ0n) is 20.5. The van der Waals surface area contributed by atoms with Crippen molar-refractivity contribution in [3.05, 3.63) is 98.7 Å². The Balaban J connectivity index is 1.24. The molecule has 3 amide bonds. The van der Waals surface area contributed by atoms with Crippen LogP contribution in [0, 0.1) is 11.7 Å². The Morgan fingerprint density at radius 2 is 1.68 bits per heavy atom. The second-order valence-electron chi connectivity index (χ2n) is 9.19. The topological polar surface area (TPSA) is 129 Å². The first kappa shape index (κ1) is 25.8. The summed E-state index contributed by atoms with van der Waals surface area (Å²) < 4.78 is 19.1. The first-order valence-electron chi connectivity index (χ1n) is 12.1. The molecule has 2 aliphatic heterocycles. The summed E-state index contributed by atoms with van der Waals surface area (Å²) >= 11 is 2.16. The molecule has 0 saturated carbocycles. The van der Waals surface area contributed by atoms with Gasteiger partial charge in [-0.1, -0.05) is 35.2 Å². The van der Waals surface area contributed by atoms with E-state index in [1.54, 1.807) is 36.4 Å². The lowest BCUT2D eigenvalue weighted by atomic mass is 9.83. The Morgan fingerprint density at radius 1 is 0.975 bits per heavy atom. The number of amides is 3. The number of phenols is 1. The fraction of sp³-hybridized carbons (Fsp3) is 0.143. The molecule has 0 bridgehead atoms. The summed E-state index contributed by atoms with van der Waals surface area (Å²) in [7, 11) is 0. The Morgan fingerprint density at radius 3 is 2.38 bits per heavy atom. The largest absolute Gasteiger partial charge is 0.508 e. The molecule has 3 aromatic carbocycles. The number of hydrogen-bond acceptors (Lipinski definition) is 8. The van der Waals surface area contributed by atoms with Gasteiger partial charge in [-0.15, -0.1) is 0 Å². The lowest BCUT2D eigenvalue weighted by Crippen LogP contribution is -2.32. The average molecular weight is 578 g/mol. The first-order chi connectivity index (χ1) is 19.3. The summed E-state index contributed by atoms with van der Waals surface area (Å²) in [5.74, 6) is -2.56. The molecule has 12 heteroatoms. The number of fused-ring (bicyclic) bond motifs is 2. The van der Waals surface area contributed by atoms with Crippen LogP contribution in [-0.4, -0.2) is 39.7 Å². The number of nitrogens with zero attached hydrogens (tertiary/aromatic N) is 1. The number of thiazole rings is 1. The number of H-pyrrole nitrogens is 1. The van der Waals surface area contributed by atoms with Crippen LogP contribution in [0.4, 0.5) is 15.8 Å². The van der Waals surface area contributed by atoms with Crippen LogP contribution in [0.25, 0.3) is 0 Å². The molecule has 2 aliphatic rings. The number of phenolic OH excluding ortho intramolecular Hbond substituents is 1. The van der Waals surface area contributed by atoms with Crippen LogP contribution in [-0.2, 0) is 14.4 Å². The molecule has 40 heavy (non-hydrogen) atoms. The lowest BCUT2D eigenvalue weighted by molar-refractivity contribution is -0.122. The average Bonchev–Trinajstić information content (AvgIpc) is 3.44. The van der Waals surface area contributed by atoms with Gasteiger partial charge in [0.15, 0.2) is 6.61 Å². The minimum Gasteiger partial charge on any atom is -0.508 e. The van der Waals surface area contributed by atoms with E-state index >= 15 is 0 Å². The molecule has 4 aromatic rings. The number of carbonyl (C=O) groups is 3. The normalized spacial score (nSPS) is 19.7. The van der Waals surface area contributed by atoms with Crippen molar-refractivity contribution in [3.8, 4) is 11.5 Å². The highest BCUT2D eigenvalue weighted by molar-refractivity contribution is 8.00. The molecular formula is C28H20FN3O6S2. The number of aromatic amines is 1. The van der Waals surface area contributed by atoms with Crippen molar-refractivity contribution in [3.63, 3.8) is 0 Å². The van der Waals surface area contributed by atoms with E-state index in [-0.39, 0.29) is 28.8 Å². The first-order valence-corrected chi connectivity index (χ1v) is 13.8. The smallest absolute Gasteiger partial charge is 0.305 e. The van der Waals surface area contributed by atoms with Crippen molar-refractivity contribution in [2.75, 3.05) is 16.8 Å². The van der Waals surface area contributed by atoms with Crippen molar-refractivity contribution in [1.29, 1.82) is 0 Å². The number of ether oxygens (including phenoxy) is 1. The number of rotatable bonds is 6. The molecule has 0 radical (unpaired) electrons. The molecule has 1 saturated heterocycles. The Bertz CT molecular complexity index is 1670. The molecule has 1 fully saturated rings. The van der Waals surface area contributed by atoms with Crippen LogP contribution in [0.5, 0.6) is 11.5 Å². The second-order valence-corrected chi connectivity index (χ2v) is 11.4. The number of halogens is 1. The number of aromatic nitrogens is 1. The summed E-state index contributed by atoms with van der Waals surface area (Å²) in [4.78, 5) is 55.9. The van der Waals surface area contributed by atoms with Crippen LogP contribution in [0.1, 0.15) is 16.4 Å². The number of aromatic hydroxyl groups is 1. The fourth-order valence-electron chi connectivity index (χ4n) is 4.88. The van der Waals surface area contributed by atoms with E-state index in [4.69, 9.17) is 4.74 Å². The molecule has 9 nitrogen and oxygen atoms in total. The Hall–Kier alpha value is -4.42. The summed E-state index contributed by atoms with van der Waals surface area (Å²) in [6.45, 7) is -0.256. The van der Waals surface area contributed by atoms with E-state index in [2.05, 4.69) is 10.3 Å². The van der Waals surface area contributed by atoms with Gasteiger partial charge in [0.1, 0.15) is 22.6 Å². The molecule has 3 N–H and O–H groups in total. The van der Waals surface area contributed by atoms with E-state index in [0.717, 1.165) is 28.0 Å². The number of hydrogen-bond donors (Lipinski definition) is 3. The maximum atomic E-state index is 13.7. The van der Waals surface area contributed by atoms with Gasteiger partial charge in [0.05, 0.1) is 16.6 Å². The van der Waals surface area contributed by atoms with Crippen LogP contribution < -0.4 is 19.8 Å². The molecule has 3 atom stereocenters. The molecule has 3 heterocycles.